The predicted molar refractivity (Wildman–Crippen MR) is 72.1 cm³/mol. The molecule has 0 bridgehead atoms. The fraction of sp³-hybridized carbons (Fsp3) is 0.357. The van der Waals surface area contributed by atoms with E-state index in [0.29, 0.717) is 5.69 Å². The molecule has 0 amide bonds. The Morgan fingerprint density at radius 3 is 2.32 bits per heavy atom. The first-order chi connectivity index (χ1) is 10.1. The average Bonchev–Trinajstić information content (AvgIpc) is 2.85. The Morgan fingerprint density at radius 1 is 1.14 bits per heavy atom. The first kappa shape index (κ1) is 16.0. The van der Waals surface area contributed by atoms with Crippen LogP contribution in [0, 0.1) is 0 Å². The number of nitrogens with zero attached hydrogens (tertiary/aromatic N) is 3. The van der Waals surface area contributed by atoms with Crippen molar-refractivity contribution in [3.63, 3.8) is 0 Å². The summed E-state index contributed by atoms with van der Waals surface area (Å²) in [6.45, 7) is 5.14. The van der Waals surface area contributed by atoms with E-state index >= 15 is 0 Å². The van der Waals surface area contributed by atoms with Gasteiger partial charge in [-0.3, -0.25) is 4.57 Å². The largest absolute Gasteiger partial charge is 0.443 e. The van der Waals surface area contributed by atoms with Crippen molar-refractivity contribution in [2.75, 3.05) is 0 Å². The normalized spacial score (nSPS) is 12.3. The molecule has 0 saturated heterocycles. The first-order valence-electron chi connectivity index (χ1n) is 6.40. The fourth-order valence-electron chi connectivity index (χ4n) is 1.68. The number of alkyl halides is 3. The zero-order valence-corrected chi connectivity index (χ0v) is 12.2. The minimum Gasteiger partial charge on any atom is -0.443 e. The maximum Gasteiger partial charge on any atom is 0.435 e. The van der Waals surface area contributed by atoms with Crippen molar-refractivity contribution < 1.29 is 22.7 Å². The molecule has 0 N–H and O–H groups in total. The molecule has 22 heavy (non-hydrogen) atoms. The lowest BCUT2D eigenvalue weighted by atomic mass is 10.2. The van der Waals surface area contributed by atoms with Crippen LogP contribution in [0.5, 0.6) is 0 Å². The molecule has 0 aromatic carbocycles. The van der Waals surface area contributed by atoms with Crippen LogP contribution in [0.3, 0.4) is 0 Å². The monoisotopic (exact) mass is 313 g/mol. The van der Waals surface area contributed by atoms with Gasteiger partial charge in [0.25, 0.3) is 0 Å². The van der Waals surface area contributed by atoms with Crippen LogP contribution < -0.4 is 0 Å². The molecule has 2 aromatic heterocycles. The van der Waals surface area contributed by atoms with Crippen molar-refractivity contribution in [1.29, 1.82) is 0 Å². The van der Waals surface area contributed by atoms with Crippen LogP contribution in [-0.4, -0.2) is 26.5 Å². The van der Waals surface area contributed by atoms with Crippen molar-refractivity contribution in [1.82, 2.24) is 14.8 Å². The molecule has 118 valence electrons. The average molecular weight is 313 g/mol. The number of carbonyl (C=O) groups is 1. The molecule has 8 heteroatoms. The van der Waals surface area contributed by atoms with Gasteiger partial charge in [0.15, 0.2) is 5.69 Å². The predicted octanol–water partition coefficient (Wildman–Crippen LogP) is 3.75. The molecule has 2 aromatic rings. The zero-order chi connectivity index (χ0) is 16.5. The van der Waals surface area contributed by atoms with Gasteiger partial charge in [0.2, 0.25) is 0 Å². The Kier molecular flexibility index (Phi) is 3.95. The summed E-state index contributed by atoms with van der Waals surface area (Å²) in [6.07, 6.45) is -3.75. The number of rotatable bonds is 1. The summed E-state index contributed by atoms with van der Waals surface area (Å²) in [5.74, 6) is 0. The molecule has 2 rings (SSSR count). The van der Waals surface area contributed by atoms with E-state index in [-0.39, 0.29) is 5.69 Å². The van der Waals surface area contributed by atoms with E-state index < -0.39 is 23.6 Å². The van der Waals surface area contributed by atoms with Crippen LogP contribution in [0.15, 0.2) is 30.5 Å². The topological polar surface area (TPSA) is 57.0 Å². The third-order valence-electron chi connectivity index (χ3n) is 2.56. The van der Waals surface area contributed by atoms with E-state index in [0.717, 1.165) is 12.1 Å². The van der Waals surface area contributed by atoms with E-state index in [4.69, 9.17) is 4.74 Å². The van der Waals surface area contributed by atoms with E-state index in [1.807, 2.05) is 0 Å². The van der Waals surface area contributed by atoms with Crippen molar-refractivity contribution in [3.05, 3.63) is 36.2 Å². The van der Waals surface area contributed by atoms with Gasteiger partial charge in [-0.1, -0.05) is 0 Å². The van der Waals surface area contributed by atoms with Crippen LogP contribution in [0.4, 0.5) is 18.0 Å². The standard InChI is InChI=1S/C14H14F3N3O2/c1-13(2,3)22-12(21)20-8-4-5-10(20)9-6-7-11(19-18-9)14(15,16)17/h4-8H,1-3H3. The van der Waals surface area contributed by atoms with Crippen molar-refractivity contribution in [2.45, 2.75) is 32.5 Å². The highest BCUT2D eigenvalue weighted by Crippen LogP contribution is 2.28. The Balaban J connectivity index is 2.31. The van der Waals surface area contributed by atoms with Gasteiger partial charge in [0.05, 0.1) is 5.69 Å². The lowest BCUT2D eigenvalue weighted by Gasteiger charge is -2.20. The lowest BCUT2D eigenvalue weighted by molar-refractivity contribution is -0.141. The second-order valence-corrected chi connectivity index (χ2v) is 5.55. The van der Waals surface area contributed by atoms with E-state index in [9.17, 15) is 18.0 Å². The Hall–Kier alpha value is -2.38. The van der Waals surface area contributed by atoms with E-state index in [1.165, 1.54) is 10.8 Å². The molecule has 2 heterocycles. The SMILES string of the molecule is CC(C)(C)OC(=O)n1cccc1-c1ccc(C(F)(F)F)nn1. The summed E-state index contributed by atoms with van der Waals surface area (Å²) >= 11 is 0. The summed E-state index contributed by atoms with van der Waals surface area (Å²) in [5, 5.41) is 6.67. The molecule has 0 fully saturated rings. The van der Waals surface area contributed by atoms with Gasteiger partial charge in [-0.05, 0) is 45.0 Å². The number of carbonyl (C=O) groups excluding carboxylic acids is 1. The van der Waals surface area contributed by atoms with Gasteiger partial charge < -0.3 is 4.74 Å². The number of hydrogen-bond acceptors (Lipinski definition) is 4. The lowest BCUT2D eigenvalue weighted by Crippen LogP contribution is -2.27. The summed E-state index contributed by atoms with van der Waals surface area (Å²) in [7, 11) is 0. The van der Waals surface area contributed by atoms with Gasteiger partial charge in [-0.15, -0.1) is 10.2 Å². The molecule has 0 radical (unpaired) electrons. The van der Waals surface area contributed by atoms with Gasteiger partial charge >= 0.3 is 12.3 Å². The molecule has 0 aliphatic carbocycles. The summed E-state index contributed by atoms with van der Waals surface area (Å²) < 4.78 is 43.8. The smallest absolute Gasteiger partial charge is 0.435 e. The van der Waals surface area contributed by atoms with Gasteiger partial charge in [-0.2, -0.15) is 13.2 Å². The van der Waals surface area contributed by atoms with Crippen LogP contribution in [0.1, 0.15) is 26.5 Å². The number of aromatic nitrogens is 3. The van der Waals surface area contributed by atoms with Gasteiger partial charge in [0, 0.05) is 6.20 Å². The first-order valence-corrected chi connectivity index (χ1v) is 6.40. The highest BCUT2D eigenvalue weighted by atomic mass is 19.4. The van der Waals surface area contributed by atoms with Crippen molar-refractivity contribution >= 4 is 6.09 Å². The number of halogens is 3. The quantitative estimate of drug-likeness (QED) is 0.804. The van der Waals surface area contributed by atoms with Gasteiger partial charge in [-0.25, -0.2) is 4.79 Å². The minimum absolute atomic E-state index is 0.142. The Labute approximate surface area is 124 Å². The molecule has 5 nitrogen and oxygen atoms in total. The second kappa shape index (κ2) is 5.43. The fourth-order valence-corrected chi connectivity index (χ4v) is 1.68. The Bertz CT molecular complexity index is 670. The summed E-state index contributed by atoms with van der Waals surface area (Å²) in [4.78, 5) is 12.1. The molecular weight excluding hydrogens is 299 g/mol. The molecule has 0 unspecified atom stereocenters. The number of ether oxygens (including phenoxy) is 1. The minimum atomic E-state index is -4.56. The highest BCUT2D eigenvalue weighted by molar-refractivity contribution is 5.77. The molecule has 0 aliphatic heterocycles. The van der Waals surface area contributed by atoms with Crippen molar-refractivity contribution in [3.8, 4) is 11.4 Å². The maximum absolute atomic E-state index is 12.5. The van der Waals surface area contributed by atoms with Crippen LogP contribution in [0.25, 0.3) is 11.4 Å². The molecular formula is C14H14F3N3O2. The summed E-state index contributed by atoms with van der Waals surface area (Å²) in [6, 6.07) is 5.08. The van der Waals surface area contributed by atoms with E-state index in [2.05, 4.69) is 10.2 Å². The third kappa shape index (κ3) is 3.63. The summed E-state index contributed by atoms with van der Waals surface area (Å²) in [5.41, 5.74) is -1.34. The van der Waals surface area contributed by atoms with E-state index in [1.54, 1.807) is 32.9 Å². The highest BCUT2D eigenvalue weighted by Gasteiger charge is 2.33. The molecule has 0 atom stereocenters. The Morgan fingerprint density at radius 2 is 1.82 bits per heavy atom. The third-order valence-corrected chi connectivity index (χ3v) is 2.56. The van der Waals surface area contributed by atoms with Crippen molar-refractivity contribution in [2.24, 2.45) is 0 Å². The molecule has 0 aliphatic rings. The van der Waals surface area contributed by atoms with Crippen LogP contribution >= 0.6 is 0 Å². The number of hydrogen-bond donors (Lipinski definition) is 0. The van der Waals surface area contributed by atoms with Crippen LogP contribution in [-0.2, 0) is 10.9 Å². The molecule has 0 spiro atoms. The second-order valence-electron chi connectivity index (χ2n) is 5.55. The molecule has 0 saturated carbocycles. The van der Waals surface area contributed by atoms with Gasteiger partial charge in [0.1, 0.15) is 11.3 Å². The maximum atomic E-state index is 12.5. The zero-order valence-electron chi connectivity index (χ0n) is 12.2. The van der Waals surface area contributed by atoms with Crippen LogP contribution in [0.2, 0.25) is 0 Å².